The topological polar surface area (TPSA) is 62.7 Å². The van der Waals surface area contributed by atoms with E-state index in [0.717, 1.165) is 13.0 Å². The van der Waals surface area contributed by atoms with Crippen molar-refractivity contribution in [2.75, 3.05) is 32.2 Å². The second-order valence-corrected chi connectivity index (χ2v) is 3.93. The molecule has 0 saturated heterocycles. The molecule has 17 heavy (non-hydrogen) atoms. The van der Waals surface area contributed by atoms with E-state index in [1.807, 2.05) is 11.9 Å². The Hall–Kier alpha value is -1.62. The van der Waals surface area contributed by atoms with Gasteiger partial charge in [0.25, 0.3) is 0 Å². The first-order valence-electron chi connectivity index (χ1n) is 5.46. The molecule has 1 heterocycles. The summed E-state index contributed by atoms with van der Waals surface area (Å²) in [6.07, 6.45) is 0.880. The highest BCUT2D eigenvalue weighted by atomic mass is 16.5. The van der Waals surface area contributed by atoms with Gasteiger partial charge in [-0.2, -0.15) is 0 Å². The predicted octanol–water partition coefficient (Wildman–Crippen LogP) is 1.56. The second-order valence-electron chi connectivity index (χ2n) is 3.93. The molecule has 0 aliphatic rings. The smallest absolute Gasteiger partial charge is 0.335 e. The number of rotatable bonds is 6. The Labute approximate surface area is 101 Å². The molecule has 1 aromatic heterocycles. The van der Waals surface area contributed by atoms with Crippen molar-refractivity contribution >= 4 is 11.8 Å². The van der Waals surface area contributed by atoms with Gasteiger partial charge in [0.2, 0.25) is 0 Å². The van der Waals surface area contributed by atoms with Crippen LogP contribution in [0.15, 0.2) is 12.1 Å². The van der Waals surface area contributed by atoms with E-state index in [1.54, 1.807) is 26.2 Å². The summed E-state index contributed by atoms with van der Waals surface area (Å²) in [4.78, 5) is 17.2. The molecule has 0 spiro atoms. The summed E-state index contributed by atoms with van der Waals surface area (Å²) in [5, 5.41) is 8.96. The monoisotopic (exact) mass is 238 g/mol. The zero-order valence-corrected chi connectivity index (χ0v) is 10.4. The molecule has 5 nitrogen and oxygen atoms in total. The van der Waals surface area contributed by atoms with Crippen molar-refractivity contribution in [1.29, 1.82) is 0 Å². The molecule has 0 unspecified atom stereocenters. The summed E-state index contributed by atoms with van der Waals surface area (Å²) in [5.74, 6) is -0.249. The number of nitrogens with zero attached hydrogens (tertiary/aromatic N) is 2. The number of pyridine rings is 1. The predicted molar refractivity (Wildman–Crippen MR) is 65.7 cm³/mol. The van der Waals surface area contributed by atoms with Crippen LogP contribution < -0.4 is 4.90 Å². The van der Waals surface area contributed by atoms with E-state index in [1.165, 1.54) is 0 Å². The summed E-state index contributed by atoms with van der Waals surface area (Å²) in [6, 6.07) is 3.15. The van der Waals surface area contributed by atoms with Gasteiger partial charge < -0.3 is 14.7 Å². The Kier molecular flexibility index (Phi) is 4.90. The van der Waals surface area contributed by atoms with E-state index in [9.17, 15) is 4.79 Å². The summed E-state index contributed by atoms with van der Waals surface area (Å²) in [7, 11) is 3.55. The Morgan fingerprint density at radius 1 is 1.53 bits per heavy atom. The number of hydrogen-bond donors (Lipinski definition) is 1. The lowest BCUT2D eigenvalue weighted by Gasteiger charge is -2.18. The van der Waals surface area contributed by atoms with E-state index < -0.39 is 5.97 Å². The van der Waals surface area contributed by atoms with Crippen LogP contribution in [0.1, 0.15) is 22.5 Å². The van der Waals surface area contributed by atoms with Gasteiger partial charge in [-0.25, -0.2) is 9.78 Å². The molecule has 0 aliphatic carbocycles. The first-order valence-corrected chi connectivity index (χ1v) is 5.46. The van der Waals surface area contributed by atoms with E-state index in [4.69, 9.17) is 9.84 Å². The Balaban J connectivity index is 2.78. The summed E-state index contributed by atoms with van der Waals surface area (Å²) in [5.41, 5.74) is 0.976. The number of methoxy groups -OCH3 is 1. The van der Waals surface area contributed by atoms with Crippen LogP contribution in [0.3, 0.4) is 0 Å². The van der Waals surface area contributed by atoms with Crippen molar-refractivity contribution < 1.29 is 14.6 Å². The maximum atomic E-state index is 10.9. The van der Waals surface area contributed by atoms with Crippen molar-refractivity contribution in [2.24, 2.45) is 0 Å². The highest BCUT2D eigenvalue weighted by Crippen LogP contribution is 2.14. The fourth-order valence-corrected chi connectivity index (χ4v) is 1.53. The average Bonchev–Trinajstić information content (AvgIpc) is 2.28. The SMILES string of the molecule is COCCCN(C)c1cc(C(=O)O)cc(C)n1. The molecule has 94 valence electrons. The maximum absolute atomic E-state index is 10.9. The fourth-order valence-electron chi connectivity index (χ4n) is 1.53. The number of carbonyl (C=O) groups is 1. The number of ether oxygens (including phenoxy) is 1. The van der Waals surface area contributed by atoms with E-state index in [-0.39, 0.29) is 5.56 Å². The van der Waals surface area contributed by atoms with Crippen molar-refractivity contribution in [1.82, 2.24) is 4.98 Å². The summed E-state index contributed by atoms with van der Waals surface area (Å²) >= 11 is 0. The highest BCUT2D eigenvalue weighted by Gasteiger charge is 2.09. The average molecular weight is 238 g/mol. The molecule has 1 rings (SSSR count). The van der Waals surface area contributed by atoms with Gasteiger partial charge in [-0.15, -0.1) is 0 Å². The van der Waals surface area contributed by atoms with Gasteiger partial charge in [0.15, 0.2) is 0 Å². The zero-order valence-electron chi connectivity index (χ0n) is 10.4. The van der Waals surface area contributed by atoms with Crippen molar-refractivity contribution in [3.05, 3.63) is 23.4 Å². The van der Waals surface area contributed by atoms with Crippen molar-refractivity contribution in [3.8, 4) is 0 Å². The van der Waals surface area contributed by atoms with Crippen LogP contribution in [0.25, 0.3) is 0 Å². The molecule has 0 fully saturated rings. The molecule has 0 aliphatic heterocycles. The third-order valence-electron chi connectivity index (χ3n) is 2.42. The molecule has 0 atom stereocenters. The second kappa shape index (κ2) is 6.20. The van der Waals surface area contributed by atoms with Gasteiger partial charge in [-0.3, -0.25) is 0 Å². The molecule has 5 heteroatoms. The molecular weight excluding hydrogens is 220 g/mol. The summed E-state index contributed by atoms with van der Waals surface area (Å²) in [6.45, 7) is 3.25. The van der Waals surface area contributed by atoms with E-state index in [2.05, 4.69) is 4.98 Å². The molecule has 0 aromatic carbocycles. The van der Waals surface area contributed by atoms with Crippen LogP contribution in [0.4, 0.5) is 5.82 Å². The number of carboxylic acid groups (broad SMARTS) is 1. The molecule has 0 amide bonds. The summed E-state index contributed by atoms with van der Waals surface area (Å²) < 4.78 is 4.97. The normalized spacial score (nSPS) is 10.3. The minimum atomic E-state index is -0.929. The van der Waals surface area contributed by atoms with Gasteiger partial charge in [-0.05, 0) is 25.5 Å². The standard InChI is InChI=1S/C12H18N2O3/c1-9-7-10(12(15)16)8-11(13-9)14(2)5-4-6-17-3/h7-8H,4-6H2,1-3H3,(H,15,16). The van der Waals surface area contributed by atoms with Crippen LogP contribution in [0.5, 0.6) is 0 Å². The molecule has 0 bridgehead atoms. The molecule has 0 radical (unpaired) electrons. The number of hydrogen-bond acceptors (Lipinski definition) is 4. The number of aryl methyl sites for hydroxylation is 1. The largest absolute Gasteiger partial charge is 0.478 e. The van der Waals surface area contributed by atoms with Crippen molar-refractivity contribution in [3.63, 3.8) is 0 Å². The fraction of sp³-hybridized carbons (Fsp3) is 0.500. The van der Waals surface area contributed by atoms with Crippen LogP contribution in [0, 0.1) is 6.92 Å². The van der Waals surface area contributed by atoms with E-state index in [0.29, 0.717) is 18.1 Å². The van der Waals surface area contributed by atoms with Crippen LogP contribution in [0.2, 0.25) is 0 Å². The number of aromatic carboxylic acids is 1. The minimum Gasteiger partial charge on any atom is -0.478 e. The lowest BCUT2D eigenvalue weighted by molar-refractivity contribution is 0.0696. The van der Waals surface area contributed by atoms with Crippen LogP contribution >= 0.6 is 0 Å². The number of aromatic nitrogens is 1. The van der Waals surface area contributed by atoms with Gasteiger partial charge in [0.1, 0.15) is 5.82 Å². The first-order chi connectivity index (χ1) is 8.04. The van der Waals surface area contributed by atoms with Crippen molar-refractivity contribution in [2.45, 2.75) is 13.3 Å². The Morgan fingerprint density at radius 2 is 2.24 bits per heavy atom. The lowest BCUT2D eigenvalue weighted by Crippen LogP contribution is -2.21. The van der Waals surface area contributed by atoms with Gasteiger partial charge >= 0.3 is 5.97 Å². The zero-order chi connectivity index (χ0) is 12.8. The molecular formula is C12H18N2O3. The first kappa shape index (κ1) is 13.4. The third kappa shape index (κ3) is 4.03. The van der Waals surface area contributed by atoms with E-state index >= 15 is 0 Å². The number of carboxylic acids is 1. The van der Waals surface area contributed by atoms with Gasteiger partial charge in [-0.1, -0.05) is 0 Å². The van der Waals surface area contributed by atoms with Crippen LogP contribution in [-0.4, -0.2) is 43.4 Å². The minimum absolute atomic E-state index is 0.270. The Bertz CT molecular complexity index is 393. The maximum Gasteiger partial charge on any atom is 0.335 e. The van der Waals surface area contributed by atoms with Gasteiger partial charge in [0.05, 0.1) is 5.56 Å². The highest BCUT2D eigenvalue weighted by molar-refractivity contribution is 5.88. The Morgan fingerprint density at radius 3 is 2.82 bits per heavy atom. The van der Waals surface area contributed by atoms with Crippen LogP contribution in [-0.2, 0) is 4.74 Å². The lowest BCUT2D eigenvalue weighted by atomic mass is 10.2. The number of anilines is 1. The molecule has 1 aromatic rings. The third-order valence-corrected chi connectivity index (χ3v) is 2.42. The van der Waals surface area contributed by atoms with Gasteiger partial charge in [0, 0.05) is 33.0 Å². The molecule has 1 N–H and O–H groups in total. The quantitative estimate of drug-likeness (QED) is 0.762. The molecule has 0 saturated carbocycles.